The van der Waals surface area contributed by atoms with Gasteiger partial charge in [0.25, 0.3) is 5.91 Å². The first-order valence-corrected chi connectivity index (χ1v) is 9.74. The van der Waals surface area contributed by atoms with Crippen LogP contribution in [0.5, 0.6) is 0 Å². The van der Waals surface area contributed by atoms with Gasteiger partial charge < -0.3 is 20.1 Å². The Labute approximate surface area is 188 Å². The molecule has 3 rings (SSSR count). The third kappa shape index (κ3) is 7.32. The molecule has 0 atom stereocenters. The van der Waals surface area contributed by atoms with E-state index in [2.05, 4.69) is 37.5 Å². The number of amides is 1. The molecule has 1 aliphatic heterocycles. The number of carbonyl (C=O) groups excluding carboxylic acids is 1. The first-order chi connectivity index (χ1) is 13.8. The lowest BCUT2D eigenvalue weighted by Gasteiger charge is -2.36. The zero-order valence-corrected chi connectivity index (χ0v) is 19.0. The number of piperazine rings is 1. The van der Waals surface area contributed by atoms with Crippen LogP contribution in [0.2, 0.25) is 0 Å². The minimum atomic E-state index is -0.0673. The van der Waals surface area contributed by atoms with Crippen LogP contribution in [0, 0.1) is 0 Å². The van der Waals surface area contributed by atoms with E-state index in [0.29, 0.717) is 18.7 Å². The average Bonchev–Trinajstić information content (AvgIpc) is 3.24. The summed E-state index contributed by atoms with van der Waals surface area (Å²) in [5.41, 5.74) is 1.63. The fourth-order valence-corrected chi connectivity index (χ4v) is 3.11. The Morgan fingerprint density at radius 3 is 2.55 bits per heavy atom. The first-order valence-electron chi connectivity index (χ1n) is 9.74. The first kappa shape index (κ1) is 23.1. The van der Waals surface area contributed by atoms with E-state index in [1.165, 1.54) is 0 Å². The molecule has 0 bridgehead atoms. The van der Waals surface area contributed by atoms with Crippen LogP contribution in [0.15, 0.2) is 52.2 Å². The average molecular weight is 512 g/mol. The molecular weight excluding hydrogens is 483 g/mol. The normalized spacial score (nSPS) is 14.9. The van der Waals surface area contributed by atoms with Crippen molar-refractivity contribution in [3.05, 3.63) is 53.9 Å². The molecule has 1 fully saturated rings. The maximum Gasteiger partial charge on any atom is 0.251 e. The van der Waals surface area contributed by atoms with Crippen molar-refractivity contribution in [3.8, 4) is 0 Å². The standard InChI is InChI=1S/C20H28N6O2.HI/c1-2-21-20(23-10-9-22-19(27)17-6-4-3-5-7-17)26-13-11-25(12-14-26)16-18-8-15-28-24-18;/h3-8,15H,2,9-14,16H2,1H3,(H,21,23)(H,22,27);1H. The smallest absolute Gasteiger partial charge is 0.251 e. The predicted molar refractivity (Wildman–Crippen MR) is 124 cm³/mol. The van der Waals surface area contributed by atoms with Crippen molar-refractivity contribution in [1.82, 2.24) is 25.6 Å². The van der Waals surface area contributed by atoms with Gasteiger partial charge in [0.2, 0.25) is 0 Å². The number of nitrogens with one attached hydrogen (secondary N) is 2. The Balaban J connectivity index is 0.00000300. The number of halogens is 1. The maximum atomic E-state index is 12.1. The van der Waals surface area contributed by atoms with Crippen LogP contribution >= 0.6 is 24.0 Å². The summed E-state index contributed by atoms with van der Waals surface area (Å²) in [6.07, 6.45) is 1.61. The SMILES string of the molecule is CCNC(=NCCNC(=O)c1ccccc1)N1CCN(Cc2ccon2)CC1.I. The second-order valence-electron chi connectivity index (χ2n) is 6.61. The van der Waals surface area contributed by atoms with Crippen LogP contribution in [-0.4, -0.2) is 72.6 Å². The van der Waals surface area contributed by atoms with Gasteiger partial charge in [0, 0.05) is 57.4 Å². The monoisotopic (exact) mass is 512 g/mol. The van der Waals surface area contributed by atoms with Crippen LogP contribution < -0.4 is 10.6 Å². The second kappa shape index (κ2) is 12.4. The number of guanidine groups is 1. The van der Waals surface area contributed by atoms with Gasteiger partial charge in [0.05, 0.1) is 12.2 Å². The molecule has 0 unspecified atom stereocenters. The summed E-state index contributed by atoms with van der Waals surface area (Å²) in [6, 6.07) is 11.1. The molecule has 1 aromatic heterocycles. The van der Waals surface area contributed by atoms with Crippen molar-refractivity contribution in [1.29, 1.82) is 0 Å². The van der Waals surface area contributed by atoms with Crippen LogP contribution in [0.3, 0.4) is 0 Å². The van der Waals surface area contributed by atoms with Gasteiger partial charge in [-0.25, -0.2) is 0 Å². The molecule has 158 valence electrons. The minimum absolute atomic E-state index is 0. The van der Waals surface area contributed by atoms with Crippen molar-refractivity contribution in [2.75, 3.05) is 45.8 Å². The molecular formula is C20H29IN6O2. The zero-order chi connectivity index (χ0) is 19.6. The predicted octanol–water partition coefficient (Wildman–Crippen LogP) is 1.81. The van der Waals surface area contributed by atoms with E-state index in [1.54, 1.807) is 18.4 Å². The molecule has 0 aliphatic carbocycles. The number of nitrogens with zero attached hydrogens (tertiary/aromatic N) is 4. The minimum Gasteiger partial charge on any atom is -0.364 e. The molecule has 0 radical (unpaired) electrons. The Hall–Kier alpha value is -2.14. The molecule has 1 amide bonds. The van der Waals surface area contributed by atoms with Crippen molar-refractivity contribution in [2.24, 2.45) is 4.99 Å². The van der Waals surface area contributed by atoms with Gasteiger partial charge in [-0.3, -0.25) is 14.7 Å². The highest BCUT2D eigenvalue weighted by molar-refractivity contribution is 14.0. The maximum absolute atomic E-state index is 12.1. The van der Waals surface area contributed by atoms with E-state index in [1.807, 2.05) is 24.3 Å². The summed E-state index contributed by atoms with van der Waals surface area (Å²) >= 11 is 0. The Bertz CT molecular complexity index is 746. The van der Waals surface area contributed by atoms with Gasteiger partial charge in [-0.05, 0) is 19.1 Å². The van der Waals surface area contributed by atoms with Crippen LogP contribution in [0.4, 0.5) is 0 Å². The number of carbonyl (C=O) groups is 1. The van der Waals surface area contributed by atoms with Gasteiger partial charge in [-0.2, -0.15) is 0 Å². The summed E-state index contributed by atoms with van der Waals surface area (Å²) in [4.78, 5) is 21.4. The molecule has 1 aromatic carbocycles. The number of benzene rings is 1. The fraction of sp³-hybridized carbons (Fsp3) is 0.450. The second-order valence-corrected chi connectivity index (χ2v) is 6.61. The molecule has 8 nitrogen and oxygen atoms in total. The fourth-order valence-electron chi connectivity index (χ4n) is 3.11. The molecule has 1 saturated heterocycles. The van der Waals surface area contributed by atoms with Crippen LogP contribution in [0.25, 0.3) is 0 Å². The number of rotatable bonds is 7. The van der Waals surface area contributed by atoms with E-state index >= 15 is 0 Å². The highest BCUT2D eigenvalue weighted by atomic mass is 127. The lowest BCUT2D eigenvalue weighted by molar-refractivity contribution is 0.0954. The Kier molecular flexibility index (Phi) is 9.92. The molecule has 9 heteroatoms. The summed E-state index contributed by atoms with van der Waals surface area (Å²) in [7, 11) is 0. The third-order valence-electron chi connectivity index (χ3n) is 4.58. The zero-order valence-electron chi connectivity index (χ0n) is 16.7. The van der Waals surface area contributed by atoms with Crippen molar-refractivity contribution < 1.29 is 9.32 Å². The van der Waals surface area contributed by atoms with Gasteiger partial charge in [-0.15, -0.1) is 24.0 Å². The number of hydrogen-bond acceptors (Lipinski definition) is 5. The summed E-state index contributed by atoms with van der Waals surface area (Å²) in [5.74, 6) is 0.833. The summed E-state index contributed by atoms with van der Waals surface area (Å²) < 4.78 is 4.90. The van der Waals surface area contributed by atoms with Crippen LogP contribution in [-0.2, 0) is 6.54 Å². The lowest BCUT2D eigenvalue weighted by atomic mass is 10.2. The lowest BCUT2D eigenvalue weighted by Crippen LogP contribution is -2.52. The van der Waals surface area contributed by atoms with Crippen molar-refractivity contribution >= 4 is 35.8 Å². The van der Waals surface area contributed by atoms with Crippen molar-refractivity contribution in [3.63, 3.8) is 0 Å². The van der Waals surface area contributed by atoms with Gasteiger partial charge in [-0.1, -0.05) is 23.4 Å². The largest absolute Gasteiger partial charge is 0.364 e. The van der Waals surface area contributed by atoms with Gasteiger partial charge in [0.15, 0.2) is 5.96 Å². The number of aliphatic imine (C=N–C) groups is 1. The number of aromatic nitrogens is 1. The molecule has 0 spiro atoms. The number of hydrogen-bond donors (Lipinski definition) is 2. The molecule has 2 aromatic rings. The molecule has 2 heterocycles. The van der Waals surface area contributed by atoms with Crippen LogP contribution in [0.1, 0.15) is 23.0 Å². The molecule has 0 saturated carbocycles. The van der Waals surface area contributed by atoms with E-state index in [0.717, 1.165) is 50.9 Å². The highest BCUT2D eigenvalue weighted by Gasteiger charge is 2.20. The summed E-state index contributed by atoms with van der Waals surface area (Å²) in [5, 5.41) is 10.2. The van der Waals surface area contributed by atoms with E-state index < -0.39 is 0 Å². The van der Waals surface area contributed by atoms with E-state index in [9.17, 15) is 4.79 Å². The Morgan fingerprint density at radius 1 is 1.14 bits per heavy atom. The Morgan fingerprint density at radius 2 is 1.90 bits per heavy atom. The van der Waals surface area contributed by atoms with E-state index in [-0.39, 0.29) is 29.9 Å². The van der Waals surface area contributed by atoms with E-state index in [4.69, 9.17) is 4.52 Å². The van der Waals surface area contributed by atoms with Crippen molar-refractivity contribution in [2.45, 2.75) is 13.5 Å². The highest BCUT2D eigenvalue weighted by Crippen LogP contribution is 2.07. The summed E-state index contributed by atoms with van der Waals surface area (Å²) in [6.45, 7) is 8.43. The molecule has 2 N–H and O–H groups in total. The molecule has 1 aliphatic rings. The third-order valence-corrected chi connectivity index (χ3v) is 4.58. The van der Waals surface area contributed by atoms with Gasteiger partial charge >= 0.3 is 0 Å². The quantitative estimate of drug-likeness (QED) is 0.255. The van der Waals surface area contributed by atoms with Gasteiger partial charge in [0.1, 0.15) is 6.26 Å². The topological polar surface area (TPSA) is 86.0 Å². The molecule has 29 heavy (non-hydrogen) atoms.